The Balaban J connectivity index is 1.97. The molecule has 1 aromatic carbocycles. The summed E-state index contributed by atoms with van der Waals surface area (Å²) >= 11 is 0. The number of rotatable bonds is 6. The van der Waals surface area contributed by atoms with E-state index < -0.39 is 24.4 Å². The SMILES string of the molecule is O=C(O)CC(NCc1ccc2c(c1)CCO2)C(=O)O. The van der Waals surface area contributed by atoms with E-state index in [9.17, 15) is 9.59 Å². The summed E-state index contributed by atoms with van der Waals surface area (Å²) in [5.41, 5.74) is 2.02. The van der Waals surface area contributed by atoms with Gasteiger partial charge >= 0.3 is 11.9 Å². The van der Waals surface area contributed by atoms with Gasteiger partial charge in [0.25, 0.3) is 0 Å². The molecular weight excluding hydrogens is 250 g/mol. The molecule has 0 aliphatic carbocycles. The zero-order valence-corrected chi connectivity index (χ0v) is 10.3. The summed E-state index contributed by atoms with van der Waals surface area (Å²) in [6, 6.07) is 4.57. The Hall–Kier alpha value is -2.08. The van der Waals surface area contributed by atoms with Crippen molar-refractivity contribution in [3.63, 3.8) is 0 Å². The minimum atomic E-state index is -1.16. The zero-order chi connectivity index (χ0) is 13.8. The second kappa shape index (κ2) is 5.71. The van der Waals surface area contributed by atoms with Gasteiger partial charge in [0.05, 0.1) is 13.0 Å². The molecule has 6 nitrogen and oxygen atoms in total. The number of carboxylic acid groups (broad SMARTS) is 2. The Bertz CT molecular complexity index is 500. The molecule has 0 radical (unpaired) electrons. The van der Waals surface area contributed by atoms with Gasteiger partial charge in [-0.3, -0.25) is 14.9 Å². The van der Waals surface area contributed by atoms with E-state index in [0.29, 0.717) is 13.2 Å². The normalized spacial score (nSPS) is 14.5. The fraction of sp³-hybridized carbons (Fsp3) is 0.385. The molecule has 1 atom stereocenters. The van der Waals surface area contributed by atoms with Crippen LogP contribution in [0, 0.1) is 0 Å². The van der Waals surface area contributed by atoms with Gasteiger partial charge in [-0.05, 0) is 17.2 Å². The van der Waals surface area contributed by atoms with Crippen molar-refractivity contribution in [3.05, 3.63) is 29.3 Å². The van der Waals surface area contributed by atoms with Crippen LogP contribution < -0.4 is 10.1 Å². The Labute approximate surface area is 110 Å². The zero-order valence-electron chi connectivity index (χ0n) is 10.3. The molecule has 102 valence electrons. The molecule has 3 N–H and O–H groups in total. The highest BCUT2D eigenvalue weighted by atomic mass is 16.5. The van der Waals surface area contributed by atoms with Crippen molar-refractivity contribution in [1.29, 1.82) is 0 Å². The van der Waals surface area contributed by atoms with Gasteiger partial charge in [-0.1, -0.05) is 12.1 Å². The number of ether oxygens (including phenoxy) is 1. The standard InChI is InChI=1S/C13H15NO5/c15-12(16)6-10(13(17)18)14-7-8-1-2-11-9(5-8)3-4-19-11/h1-2,5,10,14H,3-4,6-7H2,(H,15,16)(H,17,18). The van der Waals surface area contributed by atoms with E-state index in [-0.39, 0.29) is 0 Å². The third kappa shape index (κ3) is 3.45. The molecule has 0 spiro atoms. The van der Waals surface area contributed by atoms with Crippen molar-refractivity contribution in [2.24, 2.45) is 0 Å². The molecule has 0 amide bonds. The molecule has 1 heterocycles. The molecule has 1 aliphatic heterocycles. The highest BCUT2D eigenvalue weighted by molar-refractivity contribution is 5.80. The van der Waals surface area contributed by atoms with Crippen LogP contribution in [-0.4, -0.2) is 34.8 Å². The quantitative estimate of drug-likeness (QED) is 0.698. The fourth-order valence-electron chi connectivity index (χ4n) is 2.01. The van der Waals surface area contributed by atoms with Gasteiger partial charge in [-0.2, -0.15) is 0 Å². The van der Waals surface area contributed by atoms with Crippen molar-refractivity contribution in [1.82, 2.24) is 5.32 Å². The molecule has 19 heavy (non-hydrogen) atoms. The van der Waals surface area contributed by atoms with E-state index in [0.717, 1.165) is 23.3 Å². The van der Waals surface area contributed by atoms with Crippen LogP contribution in [0.1, 0.15) is 17.5 Å². The predicted octanol–water partition coefficient (Wildman–Crippen LogP) is 0.639. The van der Waals surface area contributed by atoms with E-state index in [1.165, 1.54) is 0 Å². The van der Waals surface area contributed by atoms with Gasteiger partial charge in [0.2, 0.25) is 0 Å². The molecule has 1 unspecified atom stereocenters. The van der Waals surface area contributed by atoms with Gasteiger partial charge in [0.1, 0.15) is 11.8 Å². The highest BCUT2D eigenvalue weighted by Gasteiger charge is 2.20. The summed E-state index contributed by atoms with van der Waals surface area (Å²) in [7, 11) is 0. The van der Waals surface area contributed by atoms with E-state index in [2.05, 4.69) is 5.32 Å². The molecule has 0 aromatic heterocycles. The van der Waals surface area contributed by atoms with Gasteiger partial charge in [0.15, 0.2) is 0 Å². The molecule has 1 aromatic rings. The van der Waals surface area contributed by atoms with Crippen LogP contribution in [0.3, 0.4) is 0 Å². The van der Waals surface area contributed by atoms with Crippen LogP contribution in [0.5, 0.6) is 5.75 Å². The lowest BCUT2D eigenvalue weighted by molar-refractivity contribution is -0.146. The second-order valence-corrected chi connectivity index (χ2v) is 4.41. The largest absolute Gasteiger partial charge is 0.493 e. The second-order valence-electron chi connectivity index (χ2n) is 4.41. The Morgan fingerprint density at radius 1 is 1.37 bits per heavy atom. The van der Waals surface area contributed by atoms with E-state index in [1.807, 2.05) is 18.2 Å². The minimum absolute atomic E-state index is 0.317. The lowest BCUT2D eigenvalue weighted by atomic mass is 10.1. The monoisotopic (exact) mass is 265 g/mol. The van der Waals surface area contributed by atoms with Crippen LogP contribution in [0.4, 0.5) is 0 Å². The van der Waals surface area contributed by atoms with Crippen molar-refractivity contribution < 1.29 is 24.5 Å². The lowest BCUT2D eigenvalue weighted by Crippen LogP contribution is -2.38. The van der Waals surface area contributed by atoms with Crippen LogP contribution >= 0.6 is 0 Å². The summed E-state index contributed by atoms with van der Waals surface area (Å²) in [6.45, 7) is 0.987. The fourth-order valence-corrected chi connectivity index (χ4v) is 2.01. The molecule has 0 fully saturated rings. The van der Waals surface area contributed by atoms with E-state index in [4.69, 9.17) is 14.9 Å². The van der Waals surface area contributed by atoms with Crippen molar-refractivity contribution in [2.45, 2.75) is 25.4 Å². The van der Waals surface area contributed by atoms with Gasteiger partial charge < -0.3 is 14.9 Å². The first-order chi connectivity index (χ1) is 9.06. The third-order valence-corrected chi connectivity index (χ3v) is 2.98. The molecule has 0 saturated heterocycles. The Kier molecular flexibility index (Phi) is 4.01. The number of hydrogen-bond acceptors (Lipinski definition) is 4. The number of fused-ring (bicyclic) bond motifs is 1. The molecule has 1 aliphatic rings. The van der Waals surface area contributed by atoms with Crippen LogP contribution in [0.15, 0.2) is 18.2 Å². The topological polar surface area (TPSA) is 95.9 Å². The minimum Gasteiger partial charge on any atom is -0.493 e. The molecule has 2 rings (SSSR count). The maximum absolute atomic E-state index is 10.9. The first kappa shape index (κ1) is 13.4. The summed E-state index contributed by atoms with van der Waals surface area (Å²) in [6.07, 6.45) is 0.407. The average molecular weight is 265 g/mol. The van der Waals surface area contributed by atoms with Crippen LogP contribution in [-0.2, 0) is 22.6 Å². The molecule has 6 heteroatoms. The number of carboxylic acids is 2. The first-order valence-corrected chi connectivity index (χ1v) is 5.99. The Morgan fingerprint density at radius 2 is 2.16 bits per heavy atom. The van der Waals surface area contributed by atoms with Crippen LogP contribution in [0.2, 0.25) is 0 Å². The first-order valence-electron chi connectivity index (χ1n) is 5.99. The molecule has 0 saturated carbocycles. The lowest BCUT2D eigenvalue weighted by Gasteiger charge is -2.12. The number of aliphatic carboxylic acids is 2. The summed E-state index contributed by atoms with van der Waals surface area (Å²) < 4.78 is 5.38. The highest BCUT2D eigenvalue weighted by Crippen LogP contribution is 2.25. The van der Waals surface area contributed by atoms with Crippen molar-refractivity contribution in [2.75, 3.05) is 6.61 Å². The maximum atomic E-state index is 10.9. The Morgan fingerprint density at radius 3 is 2.84 bits per heavy atom. The maximum Gasteiger partial charge on any atom is 0.321 e. The number of carbonyl (C=O) groups is 2. The molecular formula is C13H15NO5. The van der Waals surface area contributed by atoms with Crippen molar-refractivity contribution >= 4 is 11.9 Å². The smallest absolute Gasteiger partial charge is 0.321 e. The van der Waals surface area contributed by atoms with E-state index in [1.54, 1.807) is 0 Å². The van der Waals surface area contributed by atoms with Gasteiger partial charge in [-0.25, -0.2) is 0 Å². The van der Waals surface area contributed by atoms with Gasteiger partial charge in [0, 0.05) is 13.0 Å². The predicted molar refractivity (Wildman–Crippen MR) is 66.2 cm³/mol. The summed E-state index contributed by atoms with van der Waals surface area (Å²) in [5, 5.41) is 20.3. The number of hydrogen-bond donors (Lipinski definition) is 3. The third-order valence-electron chi connectivity index (χ3n) is 2.98. The van der Waals surface area contributed by atoms with Gasteiger partial charge in [-0.15, -0.1) is 0 Å². The van der Waals surface area contributed by atoms with Crippen LogP contribution in [0.25, 0.3) is 0 Å². The average Bonchev–Trinajstić information content (AvgIpc) is 2.80. The summed E-state index contributed by atoms with van der Waals surface area (Å²) in [5.74, 6) is -1.43. The van der Waals surface area contributed by atoms with E-state index >= 15 is 0 Å². The summed E-state index contributed by atoms with van der Waals surface area (Å²) in [4.78, 5) is 21.5. The number of benzene rings is 1. The number of nitrogens with one attached hydrogen (secondary N) is 1. The van der Waals surface area contributed by atoms with Crippen molar-refractivity contribution in [3.8, 4) is 5.75 Å². The molecule has 0 bridgehead atoms.